The van der Waals surface area contributed by atoms with Crippen LogP contribution in [0.5, 0.6) is 5.75 Å². The van der Waals surface area contributed by atoms with Gasteiger partial charge in [-0.15, -0.1) is 0 Å². The van der Waals surface area contributed by atoms with Crippen LogP contribution in [0.1, 0.15) is 18.1 Å². The normalized spacial score (nSPS) is 18.6. The molecule has 1 N–H and O–H groups in total. The molecule has 1 heterocycles. The molecular formula is C23H19ClN2O4. The summed E-state index contributed by atoms with van der Waals surface area (Å²) in [6.45, 7) is 2.94. The van der Waals surface area contributed by atoms with E-state index in [0.717, 1.165) is 21.2 Å². The zero-order valence-electron chi connectivity index (χ0n) is 16.4. The van der Waals surface area contributed by atoms with Crippen LogP contribution in [0, 0.1) is 6.92 Å². The van der Waals surface area contributed by atoms with Crippen LogP contribution < -0.4 is 10.1 Å². The quantitative estimate of drug-likeness (QED) is 0.389. The van der Waals surface area contributed by atoms with Gasteiger partial charge in [0.2, 0.25) is 0 Å². The molecule has 0 bridgehead atoms. The molecule has 6 nitrogen and oxygen atoms in total. The van der Waals surface area contributed by atoms with Crippen LogP contribution in [0.25, 0.3) is 10.8 Å². The number of rotatable bonds is 4. The molecule has 0 aliphatic carbocycles. The fourth-order valence-corrected chi connectivity index (χ4v) is 3.67. The monoisotopic (exact) mass is 422 g/mol. The SMILES string of the molecule is Cc1ccc(Cl)c(OC(=O)CN2C(=O)NC(C)(c3ccc4ccccc4c3)C2=O)c1. The summed E-state index contributed by atoms with van der Waals surface area (Å²) in [6.07, 6.45) is 0. The van der Waals surface area contributed by atoms with E-state index in [4.69, 9.17) is 16.3 Å². The Balaban J connectivity index is 1.55. The number of benzene rings is 3. The first-order valence-corrected chi connectivity index (χ1v) is 9.76. The molecule has 30 heavy (non-hydrogen) atoms. The van der Waals surface area contributed by atoms with Gasteiger partial charge in [-0.05, 0) is 53.9 Å². The van der Waals surface area contributed by atoms with Gasteiger partial charge in [0.15, 0.2) is 0 Å². The summed E-state index contributed by atoms with van der Waals surface area (Å²) in [4.78, 5) is 38.9. The number of urea groups is 1. The third kappa shape index (κ3) is 3.50. The first kappa shape index (κ1) is 19.9. The lowest BCUT2D eigenvalue weighted by atomic mass is 9.90. The number of hydrogen-bond acceptors (Lipinski definition) is 4. The van der Waals surface area contributed by atoms with Crippen LogP contribution in [-0.4, -0.2) is 29.4 Å². The molecule has 7 heteroatoms. The summed E-state index contributed by atoms with van der Waals surface area (Å²) >= 11 is 6.05. The summed E-state index contributed by atoms with van der Waals surface area (Å²) in [5.41, 5.74) is 0.223. The maximum absolute atomic E-state index is 13.1. The van der Waals surface area contributed by atoms with Gasteiger partial charge in [-0.25, -0.2) is 9.59 Å². The van der Waals surface area contributed by atoms with Gasteiger partial charge in [-0.3, -0.25) is 9.69 Å². The van der Waals surface area contributed by atoms with E-state index < -0.39 is 30.0 Å². The van der Waals surface area contributed by atoms with Crippen LogP contribution in [0.4, 0.5) is 4.79 Å². The average Bonchev–Trinajstić information content (AvgIpc) is 2.94. The minimum atomic E-state index is -1.28. The molecule has 1 fully saturated rings. The van der Waals surface area contributed by atoms with Crippen LogP contribution >= 0.6 is 11.6 Å². The Morgan fingerprint density at radius 2 is 1.80 bits per heavy atom. The van der Waals surface area contributed by atoms with E-state index >= 15 is 0 Å². The van der Waals surface area contributed by atoms with Gasteiger partial charge in [-0.1, -0.05) is 54.1 Å². The van der Waals surface area contributed by atoms with Gasteiger partial charge in [0.05, 0.1) is 5.02 Å². The summed E-state index contributed by atoms with van der Waals surface area (Å²) in [7, 11) is 0. The van der Waals surface area contributed by atoms with Crippen molar-refractivity contribution in [2.24, 2.45) is 0 Å². The molecule has 0 saturated carbocycles. The Morgan fingerprint density at radius 3 is 2.57 bits per heavy atom. The highest BCUT2D eigenvalue weighted by Crippen LogP contribution is 2.31. The first-order chi connectivity index (χ1) is 14.3. The Labute approximate surface area is 178 Å². The van der Waals surface area contributed by atoms with Crippen LogP contribution in [0.15, 0.2) is 60.7 Å². The molecule has 1 aliphatic heterocycles. The minimum absolute atomic E-state index is 0.186. The summed E-state index contributed by atoms with van der Waals surface area (Å²) in [6, 6.07) is 17.7. The number of fused-ring (bicyclic) bond motifs is 1. The lowest BCUT2D eigenvalue weighted by Gasteiger charge is -2.22. The molecule has 1 saturated heterocycles. The Bertz CT molecular complexity index is 1190. The maximum atomic E-state index is 13.1. The smallest absolute Gasteiger partial charge is 0.331 e. The van der Waals surface area contributed by atoms with Crippen molar-refractivity contribution in [3.05, 3.63) is 76.8 Å². The zero-order valence-corrected chi connectivity index (χ0v) is 17.2. The van der Waals surface area contributed by atoms with Crippen molar-refractivity contribution in [3.8, 4) is 5.75 Å². The molecular weight excluding hydrogens is 404 g/mol. The largest absolute Gasteiger partial charge is 0.424 e. The lowest BCUT2D eigenvalue weighted by molar-refractivity contribution is -0.140. The number of nitrogens with zero attached hydrogens (tertiary/aromatic N) is 1. The molecule has 1 aliphatic rings. The van der Waals surface area contributed by atoms with E-state index in [-0.39, 0.29) is 10.8 Å². The van der Waals surface area contributed by atoms with Gasteiger partial charge >= 0.3 is 12.0 Å². The predicted molar refractivity (Wildman–Crippen MR) is 113 cm³/mol. The van der Waals surface area contributed by atoms with Crippen LogP contribution in [0.3, 0.4) is 0 Å². The van der Waals surface area contributed by atoms with Crippen LogP contribution in [-0.2, 0) is 15.1 Å². The minimum Gasteiger partial charge on any atom is -0.424 e. The number of carbonyl (C=O) groups is 3. The molecule has 1 atom stereocenters. The van der Waals surface area contributed by atoms with Crippen molar-refractivity contribution in [3.63, 3.8) is 0 Å². The number of esters is 1. The fraction of sp³-hybridized carbons (Fsp3) is 0.174. The second kappa shape index (κ2) is 7.46. The van der Waals surface area contributed by atoms with Crippen molar-refractivity contribution < 1.29 is 19.1 Å². The number of imide groups is 1. The number of halogens is 1. The zero-order chi connectivity index (χ0) is 21.5. The highest BCUT2D eigenvalue weighted by atomic mass is 35.5. The molecule has 3 aromatic carbocycles. The summed E-state index contributed by atoms with van der Waals surface area (Å²) in [5, 5.41) is 4.95. The highest BCUT2D eigenvalue weighted by molar-refractivity contribution is 6.32. The van der Waals surface area contributed by atoms with Crippen molar-refractivity contribution >= 4 is 40.3 Å². The number of aryl methyl sites for hydroxylation is 1. The van der Waals surface area contributed by atoms with Crippen molar-refractivity contribution in [1.29, 1.82) is 0 Å². The third-order valence-corrected chi connectivity index (χ3v) is 5.51. The van der Waals surface area contributed by atoms with Gasteiger partial charge in [-0.2, -0.15) is 0 Å². The Hall–Kier alpha value is -3.38. The standard InChI is InChI=1S/C23H19ClN2O4/c1-14-7-10-18(24)19(11-14)30-20(27)13-26-21(28)23(2,25-22(26)29)17-9-8-15-5-3-4-6-16(15)12-17/h3-12H,13H2,1-2H3,(H,25,29). The van der Waals surface area contributed by atoms with E-state index in [1.165, 1.54) is 0 Å². The molecule has 4 rings (SSSR count). The Kier molecular flexibility index (Phi) is 4.95. The summed E-state index contributed by atoms with van der Waals surface area (Å²) < 4.78 is 5.27. The van der Waals surface area contributed by atoms with Gasteiger partial charge in [0.25, 0.3) is 5.91 Å². The highest BCUT2D eigenvalue weighted by Gasteiger charge is 2.49. The van der Waals surface area contributed by atoms with E-state index in [1.807, 2.05) is 43.3 Å². The van der Waals surface area contributed by atoms with E-state index in [0.29, 0.717) is 5.56 Å². The number of nitrogens with one attached hydrogen (secondary N) is 1. The molecule has 3 aromatic rings. The maximum Gasteiger partial charge on any atom is 0.331 e. The second-order valence-corrected chi connectivity index (χ2v) is 7.82. The van der Waals surface area contributed by atoms with Gasteiger partial charge < -0.3 is 10.1 Å². The van der Waals surface area contributed by atoms with E-state index in [1.54, 1.807) is 31.2 Å². The van der Waals surface area contributed by atoms with E-state index in [9.17, 15) is 14.4 Å². The molecule has 0 radical (unpaired) electrons. The predicted octanol–water partition coefficient (Wildman–Crippen LogP) is 4.17. The second-order valence-electron chi connectivity index (χ2n) is 7.42. The number of carbonyl (C=O) groups excluding carboxylic acids is 3. The average molecular weight is 423 g/mol. The van der Waals surface area contributed by atoms with Gasteiger partial charge in [0, 0.05) is 0 Å². The Morgan fingerprint density at radius 1 is 1.07 bits per heavy atom. The molecule has 152 valence electrons. The van der Waals surface area contributed by atoms with E-state index in [2.05, 4.69) is 5.32 Å². The number of ether oxygens (including phenoxy) is 1. The van der Waals surface area contributed by atoms with Gasteiger partial charge in [0.1, 0.15) is 17.8 Å². The molecule has 0 aromatic heterocycles. The fourth-order valence-electron chi connectivity index (χ4n) is 3.51. The van der Waals surface area contributed by atoms with Crippen molar-refractivity contribution in [2.45, 2.75) is 19.4 Å². The third-order valence-electron chi connectivity index (χ3n) is 5.20. The molecule has 3 amide bonds. The molecule has 1 unspecified atom stereocenters. The topological polar surface area (TPSA) is 75.7 Å². The van der Waals surface area contributed by atoms with Crippen molar-refractivity contribution in [1.82, 2.24) is 10.2 Å². The first-order valence-electron chi connectivity index (χ1n) is 9.38. The summed E-state index contributed by atoms with van der Waals surface area (Å²) in [5.74, 6) is -1.09. The number of amides is 3. The number of hydrogen-bond donors (Lipinski definition) is 1. The van der Waals surface area contributed by atoms with Crippen molar-refractivity contribution in [2.75, 3.05) is 6.54 Å². The molecule has 0 spiro atoms. The lowest BCUT2D eigenvalue weighted by Crippen LogP contribution is -2.42. The van der Waals surface area contributed by atoms with Crippen LogP contribution in [0.2, 0.25) is 5.02 Å².